The van der Waals surface area contributed by atoms with E-state index in [1.165, 1.54) is 23.9 Å². The fourth-order valence-corrected chi connectivity index (χ4v) is 4.36. The van der Waals surface area contributed by atoms with E-state index in [1.54, 1.807) is 54.5 Å². The van der Waals surface area contributed by atoms with Gasteiger partial charge >= 0.3 is 0 Å². The summed E-state index contributed by atoms with van der Waals surface area (Å²) >= 11 is 6.50. The lowest BCUT2D eigenvalue weighted by atomic mass is 10.1. The van der Waals surface area contributed by atoms with Crippen molar-refractivity contribution in [3.8, 4) is 5.75 Å². The van der Waals surface area contributed by atoms with Crippen molar-refractivity contribution in [1.82, 2.24) is 4.90 Å². The van der Waals surface area contributed by atoms with Crippen LogP contribution >= 0.6 is 24.0 Å². The molecule has 2 aromatic carbocycles. The normalized spacial score (nSPS) is 14.9. The first kappa shape index (κ1) is 23.0. The predicted octanol–water partition coefficient (Wildman–Crippen LogP) is 5.23. The molecule has 8 heteroatoms. The number of hydrogen-bond donors (Lipinski definition) is 1. The molecule has 2 aromatic rings. The van der Waals surface area contributed by atoms with Crippen LogP contribution in [0, 0.1) is 5.82 Å². The maximum absolute atomic E-state index is 13.8. The molecule has 2 amide bonds. The highest BCUT2D eigenvalue weighted by molar-refractivity contribution is 8.26. The lowest BCUT2D eigenvalue weighted by Gasteiger charge is -2.14. The van der Waals surface area contributed by atoms with Gasteiger partial charge in [-0.3, -0.25) is 14.5 Å². The molecule has 0 atom stereocenters. The highest BCUT2D eigenvalue weighted by Crippen LogP contribution is 2.33. The van der Waals surface area contributed by atoms with Crippen LogP contribution in [0.2, 0.25) is 0 Å². The minimum Gasteiger partial charge on any atom is -0.497 e. The third-order valence-electron chi connectivity index (χ3n) is 4.72. The van der Waals surface area contributed by atoms with Gasteiger partial charge in [0, 0.05) is 24.2 Å². The molecular weight excluding hydrogens is 435 g/mol. The van der Waals surface area contributed by atoms with Crippen molar-refractivity contribution in [3.63, 3.8) is 0 Å². The Kier molecular flexibility index (Phi) is 8.20. The van der Waals surface area contributed by atoms with Crippen LogP contribution in [0.25, 0.3) is 6.08 Å². The summed E-state index contributed by atoms with van der Waals surface area (Å²) in [6.45, 7) is 0.485. The number of ether oxygens (including phenoxy) is 1. The lowest BCUT2D eigenvalue weighted by molar-refractivity contribution is -0.122. The van der Waals surface area contributed by atoms with Crippen LogP contribution in [0.3, 0.4) is 0 Å². The third-order valence-corrected chi connectivity index (χ3v) is 6.10. The number of anilines is 1. The summed E-state index contributed by atoms with van der Waals surface area (Å²) in [6.07, 6.45) is 4.17. The Balaban J connectivity index is 1.41. The Labute approximate surface area is 190 Å². The smallest absolute Gasteiger partial charge is 0.266 e. The Morgan fingerprint density at radius 2 is 1.90 bits per heavy atom. The van der Waals surface area contributed by atoms with Gasteiger partial charge in [-0.25, -0.2) is 4.39 Å². The molecule has 0 spiro atoms. The van der Waals surface area contributed by atoms with Gasteiger partial charge in [0.15, 0.2) is 0 Å². The molecule has 1 saturated heterocycles. The molecule has 0 unspecified atom stereocenters. The molecule has 1 heterocycles. The fourth-order valence-electron chi connectivity index (χ4n) is 3.06. The van der Waals surface area contributed by atoms with Crippen LogP contribution in [0.15, 0.2) is 53.4 Å². The molecule has 0 radical (unpaired) electrons. The molecule has 0 saturated carbocycles. The maximum Gasteiger partial charge on any atom is 0.266 e. The van der Waals surface area contributed by atoms with E-state index in [0.29, 0.717) is 34.2 Å². The summed E-state index contributed by atoms with van der Waals surface area (Å²) in [5.41, 5.74) is 1.09. The van der Waals surface area contributed by atoms with E-state index in [2.05, 4.69) is 5.32 Å². The van der Waals surface area contributed by atoms with Crippen molar-refractivity contribution in [2.75, 3.05) is 19.0 Å². The molecule has 0 aromatic heterocycles. The van der Waals surface area contributed by atoms with Crippen molar-refractivity contribution in [2.45, 2.75) is 25.7 Å². The number of carbonyl (C=O) groups excluding carboxylic acids is 2. The first-order valence-electron chi connectivity index (χ1n) is 9.92. The Morgan fingerprint density at radius 1 is 1.16 bits per heavy atom. The van der Waals surface area contributed by atoms with Crippen molar-refractivity contribution < 1.29 is 18.7 Å². The summed E-state index contributed by atoms with van der Waals surface area (Å²) < 4.78 is 19.4. The molecule has 1 N–H and O–H groups in total. The summed E-state index contributed by atoms with van der Waals surface area (Å²) in [5.74, 6) is 0.109. The van der Waals surface area contributed by atoms with Crippen LogP contribution in [0.5, 0.6) is 5.75 Å². The second-order valence-corrected chi connectivity index (χ2v) is 8.62. The van der Waals surface area contributed by atoms with E-state index >= 15 is 0 Å². The molecule has 0 bridgehead atoms. The Hall–Kier alpha value is -2.71. The van der Waals surface area contributed by atoms with Crippen molar-refractivity contribution in [1.29, 1.82) is 0 Å². The Bertz CT molecular complexity index is 993. The van der Waals surface area contributed by atoms with Crippen molar-refractivity contribution in [2.24, 2.45) is 0 Å². The third kappa shape index (κ3) is 6.38. The van der Waals surface area contributed by atoms with Crippen LogP contribution in [-0.4, -0.2) is 34.7 Å². The summed E-state index contributed by atoms with van der Waals surface area (Å²) in [4.78, 5) is 26.6. The van der Waals surface area contributed by atoms with Crippen LogP contribution in [0.4, 0.5) is 10.1 Å². The first-order valence-corrected chi connectivity index (χ1v) is 11.1. The van der Waals surface area contributed by atoms with Gasteiger partial charge in [0.2, 0.25) is 5.91 Å². The van der Waals surface area contributed by atoms with Gasteiger partial charge in [-0.05, 0) is 49.2 Å². The van der Waals surface area contributed by atoms with E-state index in [9.17, 15) is 14.0 Å². The fraction of sp³-hybridized carbons (Fsp3) is 0.261. The molecule has 3 rings (SSSR count). The van der Waals surface area contributed by atoms with Crippen LogP contribution in [0.1, 0.15) is 31.2 Å². The number of carbonyl (C=O) groups is 2. The number of halogens is 1. The molecule has 1 aliphatic rings. The van der Waals surface area contributed by atoms with E-state index in [-0.39, 0.29) is 17.6 Å². The molecule has 162 valence electrons. The van der Waals surface area contributed by atoms with Crippen molar-refractivity contribution >= 4 is 51.9 Å². The lowest BCUT2D eigenvalue weighted by Crippen LogP contribution is -2.29. The maximum atomic E-state index is 13.8. The number of nitrogens with one attached hydrogen (secondary N) is 1. The number of nitrogens with zero attached hydrogens (tertiary/aromatic N) is 1. The number of thioether (sulfide) groups is 1. The Morgan fingerprint density at radius 3 is 2.61 bits per heavy atom. The van der Waals surface area contributed by atoms with E-state index < -0.39 is 0 Å². The number of thiocarbonyl (C=S) groups is 1. The number of methoxy groups -OCH3 is 1. The quantitative estimate of drug-likeness (QED) is 0.317. The average Bonchev–Trinajstić information content (AvgIpc) is 3.03. The number of hydrogen-bond acceptors (Lipinski definition) is 5. The van der Waals surface area contributed by atoms with Gasteiger partial charge in [0.05, 0.1) is 12.0 Å². The number of rotatable bonds is 9. The topological polar surface area (TPSA) is 58.6 Å². The molecular formula is C23H23FN2O3S2. The van der Waals surface area contributed by atoms with Gasteiger partial charge in [-0.15, -0.1) is 0 Å². The van der Waals surface area contributed by atoms with E-state index in [4.69, 9.17) is 17.0 Å². The predicted molar refractivity (Wildman–Crippen MR) is 126 cm³/mol. The van der Waals surface area contributed by atoms with Crippen LogP contribution in [-0.2, 0) is 9.59 Å². The highest BCUT2D eigenvalue weighted by Gasteiger charge is 2.31. The second-order valence-electron chi connectivity index (χ2n) is 6.94. The number of benzene rings is 2. The SMILES string of the molecule is COc1ccc(NC(=O)CCCCCN2C(=O)/C(=C/c3ccccc3F)SC2=S)cc1. The zero-order chi connectivity index (χ0) is 22.2. The second kappa shape index (κ2) is 11.1. The number of amides is 2. The summed E-state index contributed by atoms with van der Waals surface area (Å²) in [6, 6.07) is 13.5. The van der Waals surface area contributed by atoms with Gasteiger partial charge in [-0.2, -0.15) is 0 Å². The van der Waals surface area contributed by atoms with E-state index in [1.807, 2.05) is 0 Å². The standard InChI is InChI=1S/C23H23FN2O3S2/c1-29-18-12-10-17(11-13-18)25-21(27)9-3-2-6-14-26-22(28)20(31-23(26)30)15-16-7-4-5-8-19(16)24/h4-5,7-8,10-13,15H,2-3,6,9,14H2,1H3,(H,25,27)/b20-15-. The molecule has 5 nitrogen and oxygen atoms in total. The highest BCUT2D eigenvalue weighted by atomic mass is 32.2. The van der Waals surface area contributed by atoms with Crippen molar-refractivity contribution in [3.05, 3.63) is 64.8 Å². The molecule has 31 heavy (non-hydrogen) atoms. The summed E-state index contributed by atoms with van der Waals surface area (Å²) in [7, 11) is 1.59. The molecule has 0 aliphatic carbocycles. The zero-order valence-corrected chi connectivity index (χ0v) is 18.7. The van der Waals surface area contributed by atoms with E-state index in [0.717, 1.165) is 24.3 Å². The minimum atomic E-state index is -0.374. The minimum absolute atomic E-state index is 0.0522. The van der Waals surface area contributed by atoms with Gasteiger partial charge in [0.1, 0.15) is 15.9 Å². The zero-order valence-electron chi connectivity index (χ0n) is 17.1. The summed E-state index contributed by atoms with van der Waals surface area (Å²) in [5, 5.41) is 2.85. The molecule has 1 fully saturated rings. The average molecular weight is 459 g/mol. The van der Waals surface area contributed by atoms with Crippen LogP contribution < -0.4 is 10.1 Å². The van der Waals surface area contributed by atoms with Gasteiger partial charge in [-0.1, -0.05) is 48.6 Å². The first-order chi connectivity index (χ1) is 15.0. The number of unbranched alkanes of at least 4 members (excludes halogenated alkanes) is 2. The largest absolute Gasteiger partial charge is 0.497 e. The van der Waals surface area contributed by atoms with Gasteiger partial charge in [0.25, 0.3) is 5.91 Å². The van der Waals surface area contributed by atoms with Gasteiger partial charge < -0.3 is 10.1 Å². The molecule has 1 aliphatic heterocycles. The monoisotopic (exact) mass is 458 g/mol.